The number of aliphatic hydroxyl groups is 1. The zero-order chi connectivity index (χ0) is 20.6. The fourth-order valence-electron chi connectivity index (χ4n) is 5.27. The average molecular weight is 379 g/mol. The third kappa shape index (κ3) is 4.22. The molecule has 152 valence electrons. The first-order valence-corrected chi connectivity index (χ1v) is 9.87. The molecule has 2 aliphatic carbocycles. The Hall–Kier alpha value is -1.78. The second kappa shape index (κ2) is 7.69. The predicted octanol–water partition coefficient (Wildman–Crippen LogP) is 4.88. The van der Waals surface area contributed by atoms with E-state index in [1.165, 1.54) is 6.92 Å². The third-order valence-corrected chi connectivity index (χ3v) is 7.20. The van der Waals surface area contributed by atoms with Crippen LogP contribution in [0.15, 0.2) is 24.0 Å². The number of rotatable bonds is 6. The zero-order valence-electron chi connectivity index (χ0n) is 17.2. The molecule has 0 saturated heterocycles. The van der Waals surface area contributed by atoms with Gasteiger partial charge in [-0.1, -0.05) is 39.8 Å². The Kier molecular flexibility index (Phi) is 6.13. The number of carbonyl (C=O) groups excluding carboxylic acids is 1. The van der Waals surface area contributed by atoms with Gasteiger partial charge in [0.1, 0.15) is 6.10 Å². The summed E-state index contributed by atoms with van der Waals surface area (Å²) in [5.41, 5.74) is 0.474. The number of allylic oxidation sites excluding steroid dienone is 2. The van der Waals surface area contributed by atoms with Gasteiger partial charge in [0.2, 0.25) is 0 Å². The largest absolute Gasteiger partial charge is 0.512 e. The molecule has 1 fully saturated rings. The van der Waals surface area contributed by atoms with Gasteiger partial charge in [0.25, 0.3) is 0 Å². The van der Waals surface area contributed by atoms with Crippen molar-refractivity contribution in [2.75, 3.05) is 0 Å². The zero-order valence-corrected chi connectivity index (χ0v) is 17.2. The number of carboxylic acid groups (broad SMARTS) is 1. The van der Waals surface area contributed by atoms with E-state index >= 15 is 0 Å². The van der Waals surface area contributed by atoms with E-state index in [2.05, 4.69) is 27.4 Å². The Bertz CT molecular complexity index is 651. The van der Waals surface area contributed by atoms with Crippen LogP contribution in [0.3, 0.4) is 0 Å². The van der Waals surface area contributed by atoms with Crippen molar-refractivity contribution in [3.8, 4) is 0 Å². The smallest absolute Gasteiger partial charge is 0.303 e. The number of carboxylic acids is 1. The van der Waals surface area contributed by atoms with Crippen LogP contribution in [0.5, 0.6) is 0 Å². The molecule has 6 atom stereocenters. The summed E-state index contributed by atoms with van der Waals surface area (Å²) in [7, 11) is 0. The number of carbonyl (C=O) groups is 2. The number of ether oxygens (including phenoxy) is 1. The maximum Gasteiger partial charge on any atom is 0.303 e. The topological polar surface area (TPSA) is 83.8 Å². The van der Waals surface area contributed by atoms with Crippen molar-refractivity contribution in [3.63, 3.8) is 0 Å². The normalized spacial score (nSPS) is 37.1. The molecule has 0 aromatic rings. The maximum absolute atomic E-state index is 11.7. The second-order valence-electron chi connectivity index (χ2n) is 9.22. The minimum Gasteiger partial charge on any atom is -0.512 e. The monoisotopic (exact) mass is 378 g/mol. The summed E-state index contributed by atoms with van der Waals surface area (Å²) >= 11 is 0. The van der Waals surface area contributed by atoms with Gasteiger partial charge < -0.3 is 14.9 Å². The van der Waals surface area contributed by atoms with Gasteiger partial charge in [-0.15, -0.1) is 0 Å². The molecule has 1 saturated carbocycles. The highest BCUT2D eigenvalue weighted by molar-refractivity contribution is 5.67. The fraction of sp³-hybridized carbons (Fsp3) is 0.727. The molecule has 0 heterocycles. The number of aliphatic hydroxyl groups excluding tert-OH is 1. The van der Waals surface area contributed by atoms with Crippen LogP contribution >= 0.6 is 0 Å². The number of hydrogen-bond acceptors (Lipinski definition) is 4. The minimum atomic E-state index is -0.782. The van der Waals surface area contributed by atoms with Gasteiger partial charge in [0.15, 0.2) is 0 Å². The molecule has 0 radical (unpaired) electrons. The van der Waals surface area contributed by atoms with Crippen LogP contribution in [0, 0.1) is 28.6 Å². The van der Waals surface area contributed by atoms with Crippen molar-refractivity contribution in [1.82, 2.24) is 0 Å². The van der Waals surface area contributed by atoms with Gasteiger partial charge >= 0.3 is 11.9 Å². The first-order chi connectivity index (χ1) is 12.4. The lowest BCUT2D eigenvalue weighted by Gasteiger charge is -2.59. The lowest BCUT2D eigenvalue weighted by molar-refractivity contribution is -0.166. The van der Waals surface area contributed by atoms with Crippen LogP contribution in [-0.4, -0.2) is 28.3 Å². The van der Waals surface area contributed by atoms with Crippen molar-refractivity contribution in [2.24, 2.45) is 28.6 Å². The molecule has 5 heteroatoms. The van der Waals surface area contributed by atoms with Crippen molar-refractivity contribution in [3.05, 3.63) is 24.0 Å². The van der Waals surface area contributed by atoms with Crippen molar-refractivity contribution in [2.45, 2.75) is 72.8 Å². The van der Waals surface area contributed by atoms with E-state index in [9.17, 15) is 14.7 Å². The van der Waals surface area contributed by atoms with Crippen molar-refractivity contribution in [1.29, 1.82) is 0 Å². The molecule has 0 spiro atoms. The lowest BCUT2D eigenvalue weighted by atomic mass is 9.46. The van der Waals surface area contributed by atoms with Gasteiger partial charge in [-0.3, -0.25) is 9.59 Å². The van der Waals surface area contributed by atoms with Crippen LogP contribution in [0.1, 0.15) is 66.7 Å². The highest BCUT2D eigenvalue weighted by Crippen LogP contribution is 2.62. The highest BCUT2D eigenvalue weighted by Gasteiger charge is 2.57. The summed E-state index contributed by atoms with van der Waals surface area (Å²) in [6.07, 6.45) is 4.63. The second-order valence-corrected chi connectivity index (χ2v) is 9.22. The van der Waals surface area contributed by atoms with Crippen LogP contribution in [0.2, 0.25) is 0 Å². The Morgan fingerprint density at radius 1 is 1.41 bits per heavy atom. The highest BCUT2D eigenvalue weighted by atomic mass is 16.5. The Labute approximate surface area is 162 Å². The van der Waals surface area contributed by atoms with Crippen LogP contribution in [0.25, 0.3) is 0 Å². The maximum atomic E-state index is 11.7. The molecule has 2 aliphatic rings. The van der Waals surface area contributed by atoms with Crippen LogP contribution in [-0.2, 0) is 14.3 Å². The predicted molar refractivity (Wildman–Crippen MR) is 104 cm³/mol. The summed E-state index contributed by atoms with van der Waals surface area (Å²) in [6.45, 7) is 14.1. The van der Waals surface area contributed by atoms with Gasteiger partial charge in [-0.25, -0.2) is 0 Å². The molecular weight excluding hydrogens is 344 g/mol. The first-order valence-electron chi connectivity index (χ1n) is 9.87. The fourth-order valence-corrected chi connectivity index (χ4v) is 5.27. The van der Waals surface area contributed by atoms with Crippen molar-refractivity contribution < 1.29 is 24.5 Å². The molecule has 1 unspecified atom stereocenters. The number of esters is 1. The minimum absolute atomic E-state index is 0.0660. The van der Waals surface area contributed by atoms with Gasteiger partial charge in [0.05, 0.1) is 5.76 Å². The third-order valence-electron chi connectivity index (χ3n) is 7.20. The van der Waals surface area contributed by atoms with Gasteiger partial charge in [-0.2, -0.15) is 0 Å². The van der Waals surface area contributed by atoms with E-state index in [-0.39, 0.29) is 47.1 Å². The molecule has 0 aliphatic heterocycles. The standard InChI is InChI=1S/C22H34O5/c1-13(9-20(25)26)7-8-21(5)15(3)18(27-16(4)23)12-22(6)14(2)10-17(24)11-19(21)22/h11,13,15,18-19,24H,2,7-10,12H2,1,3-6H3,(H,25,26)/t13?,15-,18+,19-,21+,22-/m1/s1. The lowest BCUT2D eigenvalue weighted by Crippen LogP contribution is -2.55. The molecule has 27 heavy (non-hydrogen) atoms. The van der Waals surface area contributed by atoms with Gasteiger partial charge in [0, 0.05) is 19.8 Å². The Morgan fingerprint density at radius 2 is 2.04 bits per heavy atom. The van der Waals surface area contributed by atoms with Crippen LogP contribution < -0.4 is 0 Å². The van der Waals surface area contributed by atoms with Crippen molar-refractivity contribution >= 4 is 11.9 Å². The van der Waals surface area contributed by atoms with E-state index in [1.54, 1.807) is 0 Å². The first kappa shape index (κ1) is 21.5. The van der Waals surface area contributed by atoms with E-state index in [0.29, 0.717) is 18.6 Å². The molecule has 2 rings (SSSR count). The number of aliphatic carboxylic acids is 1. The summed E-state index contributed by atoms with van der Waals surface area (Å²) in [6, 6.07) is 0. The SMILES string of the molecule is C=C1CC(O)=C[C@@H]2[C@@](C)(CCC(C)CC(=O)O)[C@H](C)[C@@H](OC(C)=O)C[C@]12C. The molecular formula is C22H34O5. The molecule has 0 amide bonds. The van der Waals surface area contributed by atoms with Gasteiger partial charge in [-0.05, 0) is 53.9 Å². The van der Waals surface area contributed by atoms with Crippen LogP contribution in [0.4, 0.5) is 0 Å². The number of fused-ring (bicyclic) bond motifs is 1. The molecule has 5 nitrogen and oxygen atoms in total. The Morgan fingerprint density at radius 3 is 2.59 bits per heavy atom. The summed E-state index contributed by atoms with van der Waals surface area (Å²) in [5.74, 6) is -0.482. The van der Waals surface area contributed by atoms with E-state index in [4.69, 9.17) is 9.84 Å². The summed E-state index contributed by atoms with van der Waals surface area (Å²) < 4.78 is 5.70. The molecule has 2 N–H and O–H groups in total. The average Bonchev–Trinajstić information content (AvgIpc) is 2.53. The molecule has 0 aromatic heterocycles. The van der Waals surface area contributed by atoms with E-state index in [0.717, 1.165) is 18.4 Å². The Balaban J connectivity index is 2.38. The van der Waals surface area contributed by atoms with E-state index in [1.807, 2.05) is 13.0 Å². The molecule has 0 bridgehead atoms. The van der Waals surface area contributed by atoms with E-state index < -0.39 is 5.97 Å². The summed E-state index contributed by atoms with van der Waals surface area (Å²) in [4.78, 5) is 22.7. The molecule has 0 aromatic carbocycles. The summed E-state index contributed by atoms with van der Waals surface area (Å²) in [5, 5.41) is 19.4. The number of hydrogen-bond donors (Lipinski definition) is 2. The quantitative estimate of drug-likeness (QED) is 0.508.